The zero-order valence-electron chi connectivity index (χ0n) is 21.3. The van der Waals surface area contributed by atoms with Crippen LogP contribution < -0.4 is 15.1 Å². The van der Waals surface area contributed by atoms with Gasteiger partial charge in [0.15, 0.2) is 0 Å². The van der Waals surface area contributed by atoms with E-state index >= 15 is 0 Å². The van der Waals surface area contributed by atoms with Crippen LogP contribution >= 0.6 is 7.52 Å². The summed E-state index contributed by atoms with van der Waals surface area (Å²) < 4.78 is 47.6. The lowest BCUT2D eigenvalue weighted by molar-refractivity contribution is -0.124. The molecule has 1 rings (SSSR count). The lowest BCUT2D eigenvalue weighted by atomic mass is 9.93. The van der Waals surface area contributed by atoms with Crippen LogP contribution in [0.3, 0.4) is 0 Å². The number of nitrogens with zero attached hydrogens (tertiary/aromatic N) is 1. The standard InChI is InChI=1S/C21H41N4O7PS/c1-14(2)15(3)17(5)25-11-18(32-12-31-13-33(27,28)22-8)10-19(25)16(4)23-21(6,7)20(26)24-34(9,29)30/h14-15,18-19,23H,4-5,10-13H2,1-3,6-9H3,(H,24,26)(H2,22,27,28). The number of hydrogen-bond acceptors (Lipinski definition) is 8. The Balaban J connectivity index is 2.95. The van der Waals surface area contributed by atoms with Crippen molar-refractivity contribution in [2.24, 2.45) is 11.8 Å². The fourth-order valence-electron chi connectivity index (χ4n) is 3.42. The van der Waals surface area contributed by atoms with Gasteiger partial charge in [0, 0.05) is 24.4 Å². The number of rotatable bonds is 14. The molecule has 34 heavy (non-hydrogen) atoms. The van der Waals surface area contributed by atoms with Gasteiger partial charge in [0.25, 0.3) is 13.4 Å². The van der Waals surface area contributed by atoms with Crippen LogP contribution in [0.15, 0.2) is 24.6 Å². The second-order valence-corrected chi connectivity index (χ2v) is 13.4. The lowest BCUT2D eigenvalue weighted by Gasteiger charge is -2.36. The minimum absolute atomic E-state index is 0.161. The zero-order valence-corrected chi connectivity index (χ0v) is 23.0. The van der Waals surface area contributed by atoms with Crippen LogP contribution in [0.4, 0.5) is 0 Å². The molecule has 0 saturated carbocycles. The first-order valence-corrected chi connectivity index (χ1v) is 14.8. The first-order valence-electron chi connectivity index (χ1n) is 11.0. The Bertz CT molecular complexity index is 907. The number of likely N-dealkylation sites (tertiary alicyclic amines) is 1. The molecule has 1 amide bonds. The number of carbonyl (C=O) groups excluding carboxylic acids is 1. The number of amides is 1. The van der Waals surface area contributed by atoms with Gasteiger partial charge in [0.05, 0.1) is 18.4 Å². The van der Waals surface area contributed by atoms with E-state index in [-0.39, 0.29) is 31.2 Å². The second kappa shape index (κ2) is 12.0. The van der Waals surface area contributed by atoms with Crippen molar-refractivity contribution in [3.63, 3.8) is 0 Å². The predicted octanol–water partition coefficient (Wildman–Crippen LogP) is 1.55. The molecule has 0 aliphatic carbocycles. The van der Waals surface area contributed by atoms with Gasteiger partial charge in [-0.25, -0.2) is 13.5 Å². The summed E-state index contributed by atoms with van der Waals surface area (Å²) in [5.74, 6) is -0.188. The number of allylic oxidation sites excluding steroid dienone is 1. The Morgan fingerprint density at radius 3 is 2.38 bits per heavy atom. The first kappa shape index (κ1) is 30.6. The molecule has 1 aliphatic heterocycles. The third-order valence-corrected chi connectivity index (χ3v) is 7.67. The Hall–Kier alpha value is -1.43. The molecule has 0 aromatic heterocycles. The van der Waals surface area contributed by atoms with E-state index in [1.54, 1.807) is 13.8 Å². The van der Waals surface area contributed by atoms with Gasteiger partial charge in [-0.3, -0.25) is 14.1 Å². The average molecular weight is 525 g/mol. The molecule has 1 fully saturated rings. The maximum absolute atomic E-state index is 12.5. The molecule has 0 aromatic rings. The Kier molecular flexibility index (Phi) is 10.8. The van der Waals surface area contributed by atoms with Gasteiger partial charge in [-0.2, -0.15) is 0 Å². The first-order chi connectivity index (χ1) is 15.4. The SMILES string of the molecule is C=C(NC(C)(C)C(=O)NS(C)(=O)=O)C1CC(OCOCP(=O)(O)NC)CN1C(=C)C(C)C(C)C. The monoisotopic (exact) mass is 524 g/mol. The smallest absolute Gasteiger partial charge is 0.292 e. The van der Waals surface area contributed by atoms with Crippen LogP contribution in [-0.4, -0.2) is 74.8 Å². The van der Waals surface area contributed by atoms with Gasteiger partial charge in [-0.15, -0.1) is 0 Å². The highest BCUT2D eigenvalue weighted by Crippen LogP contribution is 2.35. The van der Waals surface area contributed by atoms with E-state index in [0.29, 0.717) is 24.6 Å². The van der Waals surface area contributed by atoms with Crippen LogP contribution in [0.25, 0.3) is 0 Å². The number of nitrogens with one attached hydrogen (secondary N) is 3. The van der Waals surface area contributed by atoms with Crippen molar-refractivity contribution in [1.29, 1.82) is 0 Å². The third-order valence-electron chi connectivity index (χ3n) is 5.88. The average Bonchev–Trinajstić information content (AvgIpc) is 3.12. The van der Waals surface area contributed by atoms with E-state index in [0.717, 1.165) is 12.0 Å². The van der Waals surface area contributed by atoms with Crippen molar-refractivity contribution < 1.29 is 32.1 Å². The lowest BCUT2D eigenvalue weighted by Crippen LogP contribution is -2.55. The highest BCUT2D eigenvalue weighted by Gasteiger charge is 2.39. The molecule has 1 aliphatic rings. The summed E-state index contributed by atoms with van der Waals surface area (Å²) in [4.78, 5) is 24.1. The van der Waals surface area contributed by atoms with Crippen LogP contribution in [0.1, 0.15) is 41.0 Å². The molecule has 0 bridgehead atoms. The van der Waals surface area contributed by atoms with E-state index in [9.17, 15) is 22.7 Å². The van der Waals surface area contributed by atoms with Crippen molar-refractivity contribution in [2.45, 2.75) is 58.7 Å². The Morgan fingerprint density at radius 2 is 1.88 bits per heavy atom. The molecule has 0 radical (unpaired) electrons. The summed E-state index contributed by atoms with van der Waals surface area (Å²) in [5, 5.41) is 5.37. The molecule has 1 saturated heterocycles. The summed E-state index contributed by atoms with van der Waals surface area (Å²) in [5.41, 5.74) is 0.171. The minimum Gasteiger partial charge on any atom is -0.374 e. The normalized spacial score (nSPS) is 21.7. The summed E-state index contributed by atoms with van der Waals surface area (Å²) in [6, 6.07) is -0.273. The van der Waals surface area contributed by atoms with Gasteiger partial charge in [-0.05, 0) is 32.7 Å². The number of hydrogen-bond donors (Lipinski definition) is 4. The second-order valence-electron chi connectivity index (χ2n) is 9.57. The third kappa shape index (κ3) is 9.31. The molecule has 11 nitrogen and oxygen atoms in total. The van der Waals surface area contributed by atoms with E-state index in [4.69, 9.17) is 9.47 Å². The van der Waals surface area contributed by atoms with E-state index < -0.39 is 29.0 Å². The number of carbonyl (C=O) groups is 1. The van der Waals surface area contributed by atoms with Gasteiger partial charge in [0.2, 0.25) is 10.0 Å². The molecule has 1 heterocycles. The molecule has 0 spiro atoms. The highest BCUT2D eigenvalue weighted by atomic mass is 32.2. The summed E-state index contributed by atoms with van der Waals surface area (Å²) in [6.07, 6.45) is 0.770. The van der Waals surface area contributed by atoms with Gasteiger partial charge in [-0.1, -0.05) is 33.9 Å². The van der Waals surface area contributed by atoms with Gasteiger partial charge < -0.3 is 24.6 Å². The Morgan fingerprint density at radius 1 is 1.29 bits per heavy atom. The highest BCUT2D eigenvalue weighted by molar-refractivity contribution is 7.89. The van der Waals surface area contributed by atoms with E-state index in [1.165, 1.54) is 7.05 Å². The zero-order chi connectivity index (χ0) is 26.5. The van der Waals surface area contributed by atoms with E-state index in [1.807, 2.05) is 4.72 Å². The topological polar surface area (TPSA) is 146 Å². The van der Waals surface area contributed by atoms with Crippen molar-refractivity contribution in [2.75, 3.05) is 33.0 Å². The Labute approximate surface area is 203 Å². The molecule has 4 atom stereocenters. The maximum atomic E-state index is 12.5. The fraction of sp³-hybridized carbons (Fsp3) is 0.762. The van der Waals surface area contributed by atoms with Crippen molar-refractivity contribution in [1.82, 2.24) is 20.0 Å². The predicted molar refractivity (Wildman–Crippen MR) is 132 cm³/mol. The van der Waals surface area contributed by atoms with Crippen molar-refractivity contribution >= 4 is 23.5 Å². The van der Waals surface area contributed by atoms with Gasteiger partial charge in [0.1, 0.15) is 18.7 Å². The molecule has 13 heteroatoms. The molecule has 0 aromatic carbocycles. The van der Waals surface area contributed by atoms with Crippen LogP contribution in [0.2, 0.25) is 0 Å². The summed E-state index contributed by atoms with van der Waals surface area (Å²) >= 11 is 0. The maximum Gasteiger partial charge on any atom is 0.292 e. The fourth-order valence-corrected chi connectivity index (χ4v) is 4.46. The van der Waals surface area contributed by atoms with Gasteiger partial charge >= 0.3 is 0 Å². The van der Waals surface area contributed by atoms with Crippen LogP contribution in [0, 0.1) is 11.8 Å². The number of sulfonamides is 1. The largest absolute Gasteiger partial charge is 0.374 e. The number of ether oxygens (including phenoxy) is 2. The van der Waals surface area contributed by atoms with Crippen LogP contribution in [0.5, 0.6) is 0 Å². The molecule has 198 valence electrons. The minimum atomic E-state index is -3.71. The van der Waals surface area contributed by atoms with Crippen molar-refractivity contribution in [3.05, 3.63) is 24.6 Å². The molecular formula is C21H41N4O7PS. The van der Waals surface area contributed by atoms with E-state index in [2.05, 4.69) is 49.2 Å². The summed E-state index contributed by atoms with van der Waals surface area (Å²) in [7, 11) is -5.88. The summed E-state index contributed by atoms with van der Waals surface area (Å²) in [6.45, 7) is 18.2. The quantitative estimate of drug-likeness (QED) is 0.150. The molecule has 4 unspecified atom stereocenters. The molecule has 4 N–H and O–H groups in total. The van der Waals surface area contributed by atoms with Crippen LogP contribution in [-0.2, 0) is 28.9 Å². The molecular weight excluding hydrogens is 483 g/mol. The van der Waals surface area contributed by atoms with Crippen molar-refractivity contribution in [3.8, 4) is 0 Å².